The van der Waals surface area contributed by atoms with Gasteiger partial charge in [0.2, 0.25) is 5.89 Å². The zero-order valence-corrected chi connectivity index (χ0v) is 14.4. The summed E-state index contributed by atoms with van der Waals surface area (Å²) in [6.45, 7) is 0.504. The van der Waals surface area contributed by atoms with Gasteiger partial charge in [0, 0.05) is 27.5 Å². The predicted molar refractivity (Wildman–Crippen MR) is 91.0 cm³/mol. The molecular weight excluding hydrogens is 367 g/mol. The van der Waals surface area contributed by atoms with E-state index in [0.29, 0.717) is 39.8 Å². The third-order valence-corrected chi connectivity index (χ3v) is 4.72. The molecule has 0 N–H and O–H groups in total. The van der Waals surface area contributed by atoms with E-state index in [1.165, 1.54) is 23.9 Å². The lowest BCUT2D eigenvalue weighted by Crippen LogP contribution is -2.13. The van der Waals surface area contributed by atoms with Crippen molar-refractivity contribution >= 4 is 23.4 Å². The highest BCUT2D eigenvalue weighted by molar-refractivity contribution is 7.98. The largest absolute Gasteiger partial charge is 0.467 e. The molecule has 0 fully saturated rings. The standard InChI is InChI=1S/C17H12ClFN2O3S/c18-13-3-1-10(2-4-13)16-20-21-17(24-16)25-8-12-6-14(19)5-11-7-22-9-23-15(11)12/h1-6H,7-9H2. The number of benzene rings is 2. The van der Waals surface area contributed by atoms with Crippen molar-refractivity contribution in [2.75, 3.05) is 6.79 Å². The van der Waals surface area contributed by atoms with Gasteiger partial charge in [-0.3, -0.25) is 0 Å². The average Bonchev–Trinajstić information content (AvgIpc) is 3.09. The van der Waals surface area contributed by atoms with Crippen molar-refractivity contribution in [3.63, 3.8) is 0 Å². The zero-order chi connectivity index (χ0) is 17.2. The van der Waals surface area contributed by atoms with Crippen molar-refractivity contribution in [1.29, 1.82) is 0 Å². The number of halogens is 2. The van der Waals surface area contributed by atoms with E-state index in [9.17, 15) is 4.39 Å². The summed E-state index contributed by atoms with van der Waals surface area (Å²) in [5.41, 5.74) is 2.22. The van der Waals surface area contributed by atoms with Crippen LogP contribution in [0.15, 0.2) is 46.0 Å². The molecule has 0 aliphatic carbocycles. The molecule has 0 atom stereocenters. The van der Waals surface area contributed by atoms with Gasteiger partial charge in [0.1, 0.15) is 11.6 Å². The first kappa shape index (κ1) is 16.4. The molecule has 5 nitrogen and oxygen atoms in total. The summed E-state index contributed by atoms with van der Waals surface area (Å²) in [7, 11) is 0. The molecule has 2 heterocycles. The van der Waals surface area contributed by atoms with Gasteiger partial charge in [0.25, 0.3) is 5.22 Å². The Bertz CT molecular complexity index is 901. The maximum atomic E-state index is 13.8. The van der Waals surface area contributed by atoms with Gasteiger partial charge in [0.15, 0.2) is 6.79 Å². The second-order valence-corrected chi connectivity index (χ2v) is 6.70. The zero-order valence-electron chi connectivity index (χ0n) is 12.9. The van der Waals surface area contributed by atoms with Gasteiger partial charge in [-0.05, 0) is 36.4 Å². The molecule has 2 aromatic carbocycles. The lowest BCUT2D eigenvalue weighted by molar-refractivity contribution is -0.0171. The van der Waals surface area contributed by atoms with Gasteiger partial charge < -0.3 is 13.9 Å². The molecule has 0 saturated carbocycles. The summed E-state index contributed by atoms with van der Waals surface area (Å²) in [5.74, 6) is 1.20. The summed E-state index contributed by atoms with van der Waals surface area (Å²) in [6, 6.07) is 10.0. The van der Waals surface area contributed by atoms with Crippen LogP contribution in [0.3, 0.4) is 0 Å². The van der Waals surface area contributed by atoms with Crippen LogP contribution in [0.1, 0.15) is 11.1 Å². The minimum atomic E-state index is -0.323. The van der Waals surface area contributed by atoms with Crippen molar-refractivity contribution in [1.82, 2.24) is 10.2 Å². The average molecular weight is 379 g/mol. The fraction of sp³-hybridized carbons (Fsp3) is 0.176. The first-order valence-electron chi connectivity index (χ1n) is 7.43. The van der Waals surface area contributed by atoms with E-state index in [-0.39, 0.29) is 12.6 Å². The third-order valence-electron chi connectivity index (χ3n) is 3.60. The maximum Gasteiger partial charge on any atom is 0.277 e. The van der Waals surface area contributed by atoms with Gasteiger partial charge in [-0.2, -0.15) is 0 Å². The summed E-state index contributed by atoms with van der Waals surface area (Å²) in [4.78, 5) is 0. The van der Waals surface area contributed by atoms with Crippen LogP contribution in [0.4, 0.5) is 4.39 Å². The van der Waals surface area contributed by atoms with Gasteiger partial charge in [-0.25, -0.2) is 4.39 Å². The van der Waals surface area contributed by atoms with Crippen molar-refractivity contribution in [3.8, 4) is 17.2 Å². The van der Waals surface area contributed by atoms with Crippen molar-refractivity contribution in [2.45, 2.75) is 17.6 Å². The molecule has 25 heavy (non-hydrogen) atoms. The van der Waals surface area contributed by atoms with Crippen LogP contribution >= 0.6 is 23.4 Å². The highest BCUT2D eigenvalue weighted by Gasteiger charge is 2.18. The number of rotatable bonds is 4. The minimum Gasteiger partial charge on any atom is -0.467 e. The molecule has 8 heteroatoms. The lowest BCUT2D eigenvalue weighted by Gasteiger charge is -2.20. The number of hydrogen-bond donors (Lipinski definition) is 0. The molecule has 0 bridgehead atoms. The highest BCUT2D eigenvalue weighted by Crippen LogP contribution is 2.34. The highest BCUT2D eigenvalue weighted by atomic mass is 35.5. The monoisotopic (exact) mass is 378 g/mol. The molecule has 1 aliphatic heterocycles. The van der Waals surface area contributed by atoms with E-state index >= 15 is 0 Å². The predicted octanol–water partition coefficient (Wildman–Crippen LogP) is 4.69. The summed E-state index contributed by atoms with van der Waals surface area (Å²) >= 11 is 7.19. The maximum absolute atomic E-state index is 13.8. The Morgan fingerprint density at radius 2 is 2.00 bits per heavy atom. The van der Waals surface area contributed by atoms with Gasteiger partial charge >= 0.3 is 0 Å². The van der Waals surface area contributed by atoms with Crippen molar-refractivity contribution < 1.29 is 18.3 Å². The number of nitrogens with zero attached hydrogens (tertiary/aromatic N) is 2. The summed E-state index contributed by atoms with van der Waals surface area (Å²) < 4.78 is 30.1. The van der Waals surface area contributed by atoms with Crippen LogP contribution in [0.5, 0.6) is 5.75 Å². The van der Waals surface area contributed by atoms with Crippen molar-refractivity contribution in [2.24, 2.45) is 0 Å². The smallest absolute Gasteiger partial charge is 0.277 e. The molecule has 0 unspecified atom stereocenters. The third kappa shape index (κ3) is 3.63. The fourth-order valence-electron chi connectivity index (χ4n) is 2.48. The Kier molecular flexibility index (Phi) is 4.61. The van der Waals surface area contributed by atoms with E-state index in [2.05, 4.69) is 10.2 Å². The lowest BCUT2D eigenvalue weighted by atomic mass is 10.1. The molecule has 0 amide bonds. The van der Waals surface area contributed by atoms with Crippen LogP contribution in [0.2, 0.25) is 5.02 Å². The van der Waals surface area contributed by atoms with Crippen LogP contribution < -0.4 is 4.74 Å². The molecule has 4 rings (SSSR count). The molecule has 3 aromatic rings. The SMILES string of the molecule is Fc1cc2c(c(CSc3nnc(-c4ccc(Cl)cc4)o3)c1)OCOC2. The van der Waals surface area contributed by atoms with E-state index in [4.69, 9.17) is 25.5 Å². The number of hydrogen-bond acceptors (Lipinski definition) is 6. The summed E-state index contributed by atoms with van der Waals surface area (Å²) in [5, 5.41) is 9.08. The quantitative estimate of drug-likeness (QED) is 0.614. The van der Waals surface area contributed by atoms with Crippen LogP contribution in [-0.4, -0.2) is 17.0 Å². The Hall–Kier alpha value is -2.09. The number of thioether (sulfide) groups is 1. The van der Waals surface area contributed by atoms with E-state index in [1.807, 2.05) is 0 Å². The topological polar surface area (TPSA) is 57.4 Å². The molecule has 1 aromatic heterocycles. The Morgan fingerprint density at radius 3 is 2.84 bits per heavy atom. The van der Waals surface area contributed by atoms with Crippen LogP contribution in [-0.2, 0) is 17.1 Å². The number of aromatic nitrogens is 2. The van der Waals surface area contributed by atoms with E-state index < -0.39 is 0 Å². The van der Waals surface area contributed by atoms with Crippen LogP contribution in [0, 0.1) is 5.82 Å². The van der Waals surface area contributed by atoms with Gasteiger partial charge in [-0.15, -0.1) is 10.2 Å². The molecule has 0 radical (unpaired) electrons. The minimum absolute atomic E-state index is 0.164. The van der Waals surface area contributed by atoms with Crippen molar-refractivity contribution in [3.05, 3.63) is 58.4 Å². The normalized spacial score (nSPS) is 13.4. The fourth-order valence-corrected chi connectivity index (χ4v) is 3.34. The van der Waals surface area contributed by atoms with Gasteiger partial charge in [-0.1, -0.05) is 23.4 Å². The van der Waals surface area contributed by atoms with E-state index in [1.54, 1.807) is 24.3 Å². The first-order chi connectivity index (χ1) is 12.2. The van der Waals surface area contributed by atoms with Gasteiger partial charge in [0.05, 0.1) is 6.61 Å². The first-order valence-corrected chi connectivity index (χ1v) is 8.79. The summed E-state index contributed by atoms with van der Waals surface area (Å²) in [6.07, 6.45) is 0. The molecule has 1 aliphatic rings. The molecule has 0 spiro atoms. The molecule has 128 valence electrons. The second kappa shape index (κ2) is 7.03. The Labute approximate surface area is 152 Å². The van der Waals surface area contributed by atoms with E-state index in [0.717, 1.165) is 11.1 Å². The Balaban J connectivity index is 1.51. The second-order valence-electron chi connectivity index (χ2n) is 5.33. The Morgan fingerprint density at radius 1 is 1.16 bits per heavy atom. The molecule has 0 saturated heterocycles. The molecular formula is C17H12ClFN2O3S. The number of ether oxygens (including phenoxy) is 2. The number of fused-ring (bicyclic) bond motifs is 1. The van der Waals surface area contributed by atoms with Crippen LogP contribution in [0.25, 0.3) is 11.5 Å².